The summed E-state index contributed by atoms with van der Waals surface area (Å²) in [7, 11) is 1.72. The van der Waals surface area contributed by atoms with Crippen LogP contribution in [0, 0.1) is 0 Å². The monoisotopic (exact) mass is 397 g/mol. The van der Waals surface area contributed by atoms with Gasteiger partial charge in [0, 0.05) is 32.7 Å². The molecule has 3 rings (SSSR count). The first-order valence-corrected chi connectivity index (χ1v) is 10.3. The molecular formula is C23H31N3O3. The number of nitrogens with zero attached hydrogens (tertiary/aromatic N) is 2. The predicted octanol–water partition coefficient (Wildman–Crippen LogP) is 2.79. The molecule has 0 aromatic heterocycles. The maximum absolute atomic E-state index is 11.9. The van der Waals surface area contributed by atoms with Crippen LogP contribution in [0.4, 0.5) is 5.69 Å². The van der Waals surface area contributed by atoms with E-state index in [4.69, 9.17) is 9.47 Å². The van der Waals surface area contributed by atoms with Crippen LogP contribution in [0.5, 0.6) is 11.5 Å². The van der Waals surface area contributed by atoms with E-state index in [9.17, 15) is 4.79 Å². The van der Waals surface area contributed by atoms with E-state index < -0.39 is 0 Å². The van der Waals surface area contributed by atoms with E-state index in [0.717, 1.165) is 50.6 Å². The van der Waals surface area contributed by atoms with Gasteiger partial charge < -0.3 is 19.7 Å². The molecule has 0 bridgehead atoms. The zero-order valence-electron chi connectivity index (χ0n) is 17.2. The highest BCUT2D eigenvalue weighted by atomic mass is 16.5. The SMILES string of the molecule is COc1ccccc1N1CCN(CCCNC(=O)CCOc2ccccc2)CC1. The van der Waals surface area contributed by atoms with Crippen molar-refractivity contribution >= 4 is 11.6 Å². The largest absolute Gasteiger partial charge is 0.495 e. The zero-order valence-corrected chi connectivity index (χ0v) is 17.2. The number of rotatable bonds is 10. The minimum absolute atomic E-state index is 0.0434. The summed E-state index contributed by atoms with van der Waals surface area (Å²) in [5, 5.41) is 2.99. The first kappa shape index (κ1) is 21.0. The Bertz CT molecular complexity index is 746. The molecule has 1 aliphatic heterocycles. The molecule has 1 fully saturated rings. The highest BCUT2D eigenvalue weighted by Crippen LogP contribution is 2.28. The quantitative estimate of drug-likeness (QED) is 0.625. The number of methoxy groups -OCH3 is 1. The molecule has 1 heterocycles. The topological polar surface area (TPSA) is 54.0 Å². The normalized spacial score (nSPS) is 14.4. The first-order chi connectivity index (χ1) is 14.3. The lowest BCUT2D eigenvalue weighted by atomic mass is 10.2. The van der Waals surface area contributed by atoms with Gasteiger partial charge in [-0.3, -0.25) is 9.69 Å². The van der Waals surface area contributed by atoms with Crippen LogP contribution >= 0.6 is 0 Å². The smallest absolute Gasteiger partial charge is 0.223 e. The fraction of sp³-hybridized carbons (Fsp3) is 0.435. The van der Waals surface area contributed by atoms with Crippen LogP contribution in [0.2, 0.25) is 0 Å². The van der Waals surface area contributed by atoms with Gasteiger partial charge in [-0.05, 0) is 37.2 Å². The van der Waals surface area contributed by atoms with Crippen LogP contribution in [0.15, 0.2) is 54.6 Å². The fourth-order valence-corrected chi connectivity index (χ4v) is 3.50. The number of para-hydroxylation sites is 3. The number of benzene rings is 2. The summed E-state index contributed by atoms with van der Waals surface area (Å²) in [5.74, 6) is 1.77. The van der Waals surface area contributed by atoms with Gasteiger partial charge in [0.25, 0.3) is 0 Å². The number of hydrogen-bond donors (Lipinski definition) is 1. The van der Waals surface area contributed by atoms with E-state index in [-0.39, 0.29) is 5.91 Å². The van der Waals surface area contributed by atoms with Crippen molar-refractivity contribution in [1.82, 2.24) is 10.2 Å². The van der Waals surface area contributed by atoms with Crippen LogP contribution in [0.25, 0.3) is 0 Å². The van der Waals surface area contributed by atoms with Crippen molar-refractivity contribution in [1.29, 1.82) is 0 Å². The maximum atomic E-state index is 11.9. The van der Waals surface area contributed by atoms with E-state index in [1.807, 2.05) is 42.5 Å². The Morgan fingerprint density at radius 3 is 2.48 bits per heavy atom. The zero-order chi connectivity index (χ0) is 20.3. The highest BCUT2D eigenvalue weighted by molar-refractivity contribution is 5.75. The van der Waals surface area contributed by atoms with Crippen LogP contribution < -0.4 is 19.7 Å². The molecule has 0 atom stereocenters. The minimum Gasteiger partial charge on any atom is -0.495 e. The number of hydrogen-bond acceptors (Lipinski definition) is 5. The molecule has 29 heavy (non-hydrogen) atoms. The second kappa shape index (κ2) is 11.3. The second-order valence-electron chi connectivity index (χ2n) is 7.12. The van der Waals surface area contributed by atoms with Crippen molar-refractivity contribution in [3.05, 3.63) is 54.6 Å². The first-order valence-electron chi connectivity index (χ1n) is 10.3. The Morgan fingerprint density at radius 2 is 1.72 bits per heavy atom. The molecular weight excluding hydrogens is 366 g/mol. The summed E-state index contributed by atoms with van der Waals surface area (Å²) in [5.41, 5.74) is 1.17. The van der Waals surface area contributed by atoms with Crippen molar-refractivity contribution in [2.24, 2.45) is 0 Å². The Balaban J connectivity index is 1.26. The molecule has 6 heteroatoms. The molecule has 0 saturated carbocycles. The molecule has 6 nitrogen and oxygen atoms in total. The van der Waals surface area contributed by atoms with Crippen LogP contribution in [0.3, 0.4) is 0 Å². The molecule has 2 aromatic rings. The number of carbonyl (C=O) groups is 1. The predicted molar refractivity (Wildman–Crippen MR) is 116 cm³/mol. The summed E-state index contributed by atoms with van der Waals surface area (Å²) in [6.45, 7) is 6.14. The summed E-state index contributed by atoms with van der Waals surface area (Å²) in [4.78, 5) is 16.8. The molecule has 0 aliphatic carbocycles. The van der Waals surface area contributed by atoms with Crippen molar-refractivity contribution in [2.45, 2.75) is 12.8 Å². The average Bonchev–Trinajstić information content (AvgIpc) is 2.78. The molecule has 1 saturated heterocycles. The van der Waals surface area contributed by atoms with Gasteiger partial charge in [-0.2, -0.15) is 0 Å². The van der Waals surface area contributed by atoms with Crippen LogP contribution in [-0.4, -0.2) is 63.8 Å². The molecule has 2 aromatic carbocycles. The summed E-state index contributed by atoms with van der Waals surface area (Å²) in [6, 6.07) is 17.8. The third-order valence-corrected chi connectivity index (χ3v) is 5.11. The van der Waals surface area contributed by atoms with Gasteiger partial charge in [-0.1, -0.05) is 30.3 Å². The highest BCUT2D eigenvalue weighted by Gasteiger charge is 2.19. The lowest BCUT2D eigenvalue weighted by molar-refractivity contribution is -0.121. The van der Waals surface area contributed by atoms with Gasteiger partial charge in [-0.15, -0.1) is 0 Å². The fourth-order valence-electron chi connectivity index (χ4n) is 3.50. The van der Waals surface area contributed by atoms with Crippen molar-refractivity contribution in [3.63, 3.8) is 0 Å². The van der Waals surface area contributed by atoms with Gasteiger partial charge in [0.2, 0.25) is 5.91 Å². The Kier molecular flexibility index (Phi) is 8.19. The van der Waals surface area contributed by atoms with Gasteiger partial charge >= 0.3 is 0 Å². The number of piperazine rings is 1. The maximum Gasteiger partial charge on any atom is 0.223 e. The summed E-state index contributed by atoms with van der Waals surface area (Å²) >= 11 is 0. The summed E-state index contributed by atoms with van der Waals surface area (Å²) in [6.07, 6.45) is 1.34. The standard InChI is InChI=1S/C23H31N3O3/c1-28-22-11-6-5-10-21(22)26-17-15-25(16-18-26)14-7-13-24-23(27)12-19-29-20-8-3-2-4-9-20/h2-6,8-11H,7,12-19H2,1H3,(H,24,27). The average molecular weight is 398 g/mol. The molecule has 1 N–H and O–H groups in total. The number of amides is 1. The lowest BCUT2D eigenvalue weighted by Crippen LogP contribution is -2.47. The summed E-state index contributed by atoms with van der Waals surface area (Å²) < 4.78 is 11.0. The minimum atomic E-state index is 0.0434. The van der Waals surface area contributed by atoms with E-state index >= 15 is 0 Å². The lowest BCUT2D eigenvalue weighted by Gasteiger charge is -2.36. The van der Waals surface area contributed by atoms with E-state index in [1.165, 1.54) is 5.69 Å². The van der Waals surface area contributed by atoms with Crippen molar-refractivity contribution < 1.29 is 14.3 Å². The molecule has 0 radical (unpaired) electrons. The molecule has 1 aliphatic rings. The molecule has 0 spiro atoms. The van der Waals surface area contributed by atoms with Crippen molar-refractivity contribution in [2.75, 3.05) is 57.9 Å². The molecule has 156 valence electrons. The van der Waals surface area contributed by atoms with Crippen LogP contribution in [0.1, 0.15) is 12.8 Å². The Morgan fingerprint density at radius 1 is 1.00 bits per heavy atom. The van der Waals surface area contributed by atoms with Gasteiger partial charge in [0.05, 0.1) is 25.8 Å². The number of ether oxygens (including phenoxy) is 2. The molecule has 0 unspecified atom stereocenters. The van der Waals surface area contributed by atoms with Gasteiger partial charge in [0.1, 0.15) is 11.5 Å². The Labute approximate surface area is 173 Å². The second-order valence-corrected chi connectivity index (χ2v) is 7.12. The molecule has 1 amide bonds. The van der Waals surface area contributed by atoms with E-state index in [1.54, 1.807) is 7.11 Å². The van der Waals surface area contributed by atoms with Gasteiger partial charge in [-0.25, -0.2) is 0 Å². The third-order valence-electron chi connectivity index (χ3n) is 5.11. The van der Waals surface area contributed by atoms with Crippen molar-refractivity contribution in [3.8, 4) is 11.5 Å². The number of anilines is 1. The Hall–Kier alpha value is -2.73. The third kappa shape index (κ3) is 6.68. The van der Waals surface area contributed by atoms with Crippen LogP contribution in [-0.2, 0) is 4.79 Å². The number of nitrogens with one attached hydrogen (secondary N) is 1. The number of carbonyl (C=O) groups excluding carboxylic acids is 1. The van der Waals surface area contributed by atoms with E-state index in [2.05, 4.69) is 27.2 Å². The van der Waals surface area contributed by atoms with E-state index in [0.29, 0.717) is 19.6 Å². The van der Waals surface area contributed by atoms with Gasteiger partial charge in [0.15, 0.2) is 0 Å².